The zero-order valence-electron chi connectivity index (χ0n) is 16.1. The van der Waals surface area contributed by atoms with Gasteiger partial charge in [0.15, 0.2) is 23.1 Å². The molecular formula is C21H14F2N4O3S. The Kier molecular flexibility index (Phi) is 4.63. The Balaban J connectivity index is 1.43. The third-order valence-electron chi connectivity index (χ3n) is 4.60. The molecule has 10 heteroatoms. The summed E-state index contributed by atoms with van der Waals surface area (Å²) in [4.78, 5) is 17.1. The summed E-state index contributed by atoms with van der Waals surface area (Å²) in [6.07, 6.45) is 0. The molecule has 2 aromatic carbocycles. The van der Waals surface area contributed by atoms with Gasteiger partial charge in [-0.2, -0.15) is 9.78 Å². The number of hydrogen-bond acceptors (Lipinski definition) is 6. The standard InChI is InChI=1S/C21H14F2N4O3S/c1-11-6-19(25-20(28)13-2-4-14(22)15(23)7-13)27(26-11)21-24-16(9-31-21)12-3-5-17-18(8-12)30-10-29-17/h2-9H,10H2,1H3,(H,25,28). The number of aromatic nitrogens is 3. The van der Waals surface area contributed by atoms with Gasteiger partial charge < -0.3 is 14.8 Å². The van der Waals surface area contributed by atoms with Crippen LogP contribution in [0.4, 0.5) is 14.6 Å². The second-order valence-corrected chi connectivity index (χ2v) is 7.59. The molecule has 156 valence electrons. The van der Waals surface area contributed by atoms with Crippen LogP contribution in [-0.2, 0) is 0 Å². The van der Waals surface area contributed by atoms with Crippen molar-refractivity contribution in [3.05, 3.63) is 70.7 Å². The number of nitrogens with one attached hydrogen (secondary N) is 1. The van der Waals surface area contributed by atoms with E-state index >= 15 is 0 Å². The first-order valence-electron chi connectivity index (χ1n) is 9.17. The zero-order valence-corrected chi connectivity index (χ0v) is 16.9. The monoisotopic (exact) mass is 440 g/mol. The maximum Gasteiger partial charge on any atom is 0.256 e. The number of ether oxygens (including phenoxy) is 2. The Hall–Kier alpha value is -3.79. The summed E-state index contributed by atoms with van der Waals surface area (Å²) in [5, 5.41) is 9.47. The molecule has 0 unspecified atom stereocenters. The van der Waals surface area contributed by atoms with Gasteiger partial charge in [-0.1, -0.05) is 0 Å². The number of amides is 1. The molecule has 2 aromatic heterocycles. The van der Waals surface area contributed by atoms with Crippen LogP contribution in [0.15, 0.2) is 47.8 Å². The highest BCUT2D eigenvalue weighted by Crippen LogP contribution is 2.36. The van der Waals surface area contributed by atoms with E-state index in [1.54, 1.807) is 13.0 Å². The lowest BCUT2D eigenvalue weighted by molar-refractivity contribution is 0.102. The van der Waals surface area contributed by atoms with E-state index in [1.165, 1.54) is 22.1 Å². The lowest BCUT2D eigenvalue weighted by Gasteiger charge is -2.07. The van der Waals surface area contributed by atoms with Gasteiger partial charge in [-0.05, 0) is 43.3 Å². The van der Waals surface area contributed by atoms with E-state index in [2.05, 4.69) is 15.4 Å². The Morgan fingerprint density at radius 1 is 1.10 bits per heavy atom. The van der Waals surface area contributed by atoms with Crippen molar-refractivity contribution in [2.45, 2.75) is 6.92 Å². The van der Waals surface area contributed by atoms with E-state index < -0.39 is 17.5 Å². The van der Waals surface area contributed by atoms with Gasteiger partial charge in [0.25, 0.3) is 5.91 Å². The van der Waals surface area contributed by atoms with Gasteiger partial charge in [0.1, 0.15) is 5.82 Å². The fourth-order valence-electron chi connectivity index (χ4n) is 3.11. The van der Waals surface area contributed by atoms with Crippen molar-refractivity contribution in [2.75, 3.05) is 12.1 Å². The number of halogens is 2. The first kappa shape index (κ1) is 19.2. The van der Waals surface area contributed by atoms with Crippen LogP contribution in [0.3, 0.4) is 0 Å². The molecule has 0 spiro atoms. The van der Waals surface area contributed by atoms with E-state index in [9.17, 15) is 13.6 Å². The molecule has 1 N–H and O–H groups in total. The minimum absolute atomic E-state index is 0.00973. The molecule has 4 aromatic rings. The van der Waals surface area contributed by atoms with Gasteiger partial charge in [-0.25, -0.2) is 13.8 Å². The van der Waals surface area contributed by atoms with Gasteiger partial charge in [0, 0.05) is 22.6 Å². The van der Waals surface area contributed by atoms with Crippen molar-refractivity contribution in [2.24, 2.45) is 0 Å². The average molecular weight is 440 g/mol. The molecular weight excluding hydrogens is 426 g/mol. The minimum Gasteiger partial charge on any atom is -0.454 e. The molecule has 3 heterocycles. The number of anilines is 1. The molecule has 1 aliphatic heterocycles. The summed E-state index contributed by atoms with van der Waals surface area (Å²) in [5.74, 6) is -1.00. The summed E-state index contributed by atoms with van der Waals surface area (Å²) in [6, 6.07) is 10.2. The third kappa shape index (κ3) is 3.61. The molecule has 0 saturated heterocycles. The first-order chi connectivity index (χ1) is 15.0. The van der Waals surface area contributed by atoms with E-state index in [4.69, 9.17) is 9.47 Å². The summed E-state index contributed by atoms with van der Waals surface area (Å²) in [5.41, 5.74) is 2.21. The molecule has 0 radical (unpaired) electrons. The zero-order chi connectivity index (χ0) is 21.5. The summed E-state index contributed by atoms with van der Waals surface area (Å²) in [7, 11) is 0. The fourth-order valence-corrected chi connectivity index (χ4v) is 3.91. The van der Waals surface area contributed by atoms with Gasteiger partial charge >= 0.3 is 0 Å². The van der Waals surface area contributed by atoms with Crippen LogP contribution < -0.4 is 14.8 Å². The molecule has 0 atom stereocenters. The van der Waals surface area contributed by atoms with Crippen LogP contribution in [0.25, 0.3) is 16.4 Å². The Morgan fingerprint density at radius 3 is 2.77 bits per heavy atom. The van der Waals surface area contributed by atoms with Crippen molar-refractivity contribution in [3.63, 3.8) is 0 Å². The van der Waals surface area contributed by atoms with Gasteiger partial charge in [-0.15, -0.1) is 11.3 Å². The first-order valence-corrected chi connectivity index (χ1v) is 10.0. The lowest BCUT2D eigenvalue weighted by atomic mass is 10.1. The van der Waals surface area contributed by atoms with Crippen molar-refractivity contribution in [1.82, 2.24) is 14.8 Å². The van der Waals surface area contributed by atoms with Crippen molar-refractivity contribution in [3.8, 4) is 27.9 Å². The number of thiazole rings is 1. The van der Waals surface area contributed by atoms with Gasteiger partial charge in [-0.3, -0.25) is 4.79 Å². The van der Waals surface area contributed by atoms with Crippen LogP contribution in [0, 0.1) is 18.6 Å². The van der Waals surface area contributed by atoms with Gasteiger partial charge in [0.2, 0.25) is 11.9 Å². The second-order valence-electron chi connectivity index (χ2n) is 6.75. The highest BCUT2D eigenvalue weighted by Gasteiger charge is 2.18. The number of fused-ring (bicyclic) bond motifs is 1. The van der Waals surface area contributed by atoms with E-state index in [-0.39, 0.29) is 12.4 Å². The number of carbonyl (C=O) groups excluding carboxylic acids is 1. The minimum atomic E-state index is -1.09. The Labute approximate surface area is 178 Å². The molecule has 0 saturated carbocycles. The second kappa shape index (κ2) is 7.47. The van der Waals surface area contributed by atoms with Gasteiger partial charge in [0.05, 0.1) is 11.4 Å². The van der Waals surface area contributed by atoms with Crippen LogP contribution in [-0.4, -0.2) is 27.5 Å². The predicted molar refractivity (Wildman–Crippen MR) is 110 cm³/mol. The number of aryl methyl sites for hydroxylation is 1. The molecule has 1 amide bonds. The summed E-state index contributed by atoms with van der Waals surface area (Å²) in [6.45, 7) is 1.96. The van der Waals surface area contributed by atoms with Crippen LogP contribution in [0.2, 0.25) is 0 Å². The maximum absolute atomic E-state index is 13.5. The topological polar surface area (TPSA) is 78.3 Å². The van der Waals surface area contributed by atoms with Crippen molar-refractivity contribution >= 4 is 23.1 Å². The molecule has 0 fully saturated rings. The van der Waals surface area contributed by atoms with E-state index in [1.807, 2.05) is 23.6 Å². The molecule has 0 aliphatic carbocycles. The Bertz CT molecular complexity index is 1320. The Morgan fingerprint density at radius 2 is 1.94 bits per heavy atom. The normalized spacial score (nSPS) is 12.2. The fraction of sp³-hybridized carbons (Fsp3) is 0.0952. The predicted octanol–water partition coefficient (Wildman–Crippen LogP) is 4.56. The SMILES string of the molecule is Cc1cc(NC(=O)c2ccc(F)c(F)c2)n(-c2nc(-c3ccc4c(c3)OCO4)cs2)n1. The lowest BCUT2D eigenvalue weighted by Crippen LogP contribution is -2.15. The molecule has 1 aliphatic rings. The van der Waals surface area contributed by atoms with E-state index in [0.717, 1.165) is 17.7 Å². The third-order valence-corrected chi connectivity index (χ3v) is 5.41. The van der Waals surface area contributed by atoms with Crippen LogP contribution in [0.1, 0.15) is 16.1 Å². The maximum atomic E-state index is 13.5. The average Bonchev–Trinajstić information content (AvgIpc) is 3.48. The number of rotatable bonds is 4. The molecule has 5 rings (SSSR count). The molecule has 0 bridgehead atoms. The summed E-state index contributed by atoms with van der Waals surface area (Å²) < 4.78 is 38.9. The highest BCUT2D eigenvalue weighted by molar-refractivity contribution is 7.12. The molecule has 7 nitrogen and oxygen atoms in total. The quantitative estimate of drug-likeness (QED) is 0.503. The van der Waals surface area contributed by atoms with Crippen LogP contribution in [0.5, 0.6) is 11.5 Å². The van der Waals surface area contributed by atoms with Crippen LogP contribution >= 0.6 is 11.3 Å². The largest absolute Gasteiger partial charge is 0.454 e. The van der Waals surface area contributed by atoms with Crippen molar-refractivity contribution in [1.29, 1.82) is 0 Å². The number of nitrogens with zero attached hydrogens (tertiary/aromatic N) is 3. The highest BCUT2D eigenvalue weighted by atomic mass is 32.1. The van der Waals surface area contributed by atoms with Crippen molar-refractivity contribution < 1.29 is 23.0 Å². The molecule has 31 heavy (non-hydrogen) atoms. The van der Waals surface area contributed by atoms with E-state index in [0.29, 0.717) is 33.8 Å². The smallest absolute Gasteiger partial charge is 0.256 e. The summed E-state index contributed by atoms with van der Waals surface area (Å²) >= 11 is 1.34. The number of benzene rings is 2. The number of carbonyl (C=O) groups is 1. The number of hydrogen-bond donors (Lipinski definition) is 1.